The van der Waals surface area contributed by atoms with Gasteiger partial charge in [0.25, 0.3) is 5.91 Å². The number of carbonyl (C=O) groups excluding carboxylic acids is 2. The van der Waals surface area contributed by atoms with Crippen LogP contribution in [-0.4, -0.2) is 46.2 Å². The Morgan fingerprint density at radius 1 is 1.15 bits per heavy atom. The highest BCUT2D eigenvalue weighted by molar-refractivity contribution is 7.22. The van der Waals surface area contributed by atoms with Crippen molar-refractivity contribution in [3.63, 3.8) is 0 Å². The number of thiazole rings is 1. The third-order valence-corrected chi connectivity index (χ3v) is 7.03. The third kappa shape index (κ3) is 6.19. The normalized spacial score (nSPS) is 13.1. The van der Waals surface area contributed by atoms with Crippen LogP contribution >= 0.6 is 22.9 Å². The molecule has 0 aliphatic heterocycles. The molecule has 0 unspecified atom stereocenters. The lowest BCUT2D eigenvalue weighted by Gasteiger charge is -2.31. The second-order valence-electron chi connectivity index (χ2n) is 8.82. The Labute approximate surface area is 239 Å². The van der Waals surface area contributed by atoms with E-state index in [0.29, 0.717) is 5.02 Å². The van der Waals surface area contributed by atoms with Gasteiger partial charge in [-0.15, -0.1) is 0 Å². The summed E-state index contributed by atoms with van der Waals surface area (Å²) in [4.78, 5) is 32.5. The molecule has 0 aliphatic rings. The lowest BCUT2D eigenvalue weighted by atomic mass is 9.93. The van der Waals surface area contributed by atoms with E-state index in [4.69, 9.17) is 27.8 Å². The molecular formula is C26H22ClF4N5O4S. The van der Waals surface area contributed by atoms with Gasteiger partial charge in [0.05, 0.1) is 30.0 Å². The molecule has 0 radical (unpaired) electrons. The standard InChI is InChI=1S/C26H22ClF4N5O4S/c1-2-40-22-13(10-19(32)37)9-18(35-20(22)12-3-5-15(27)6-4-12)25(39,26(29,30)31)11-34-23(38)14-7-16(28)21-17(8-14)41-24(33)36-21/h3-9,39H,2,10-11H2,1H3,(H2,32,37)(H2,33,36)(H,34,38)/t25-/m0/s1. The van der Waals surface area contributed by atoms with Gasteiger partial charge in [0, 0.05) is 21.7 Å². The van der Waals surface area contributed by atoms with E-state index in [1.165, 1.54) is 30.3 Å². The molecule has 0 aliphatic carbocycles. The number of aliphatic hydroxyl groups is 1. The van der Waals surface area contributed by atoms with Crippen molar-refractivity contribution >= 4 is 50.1 Å². The molecule has 0 saturated carbocycles. The minimum Gasteiger partial charge on any atom is -0.491 e. The molecule has 0 fully saturated rings. The van der Waals surface area contributed by atoms with E-state index in [-0.39, 0.29) is 50.1 Å². The number of carbonyl (C=O) groups is 2. The first kappa shape index (κ1) is 30.0. The van der Waals surface area contributed by atoms with E-state index in [2.05, 4.69) is 9.97 Å². The molecule has 4 rings (SSSR count). The van der Waals surface area contributed by atoms with Gasteiger partial charge in [-0.25, -0.2) is 14.4 Å². The van der Waals surface area contributed by atoms with Gasteiger partial charge in [0.15, 0.2) is 10.9 Å². The molecule has 2 heterocycles. The number of primary amides is 1. The average Bonchev–Trinajstić information content (AvgIpc) is 3.28. The predicted molar refractivity (Wildman–Crippen MR) is 145 cm³/mol. The topological polar surface area (TPSA) is 153 Å². The number of nitrogens with one attached hydrogen (secondary N) is 1. The Hall–Kier alpha value is -4.01. The van der Waals surface area contributed by atoms with E-state index < -0.39 is 48.1 Å². The lowest BCUT2D eigenvalue weighted by molar-refractivity contribution is -0.265. The number of nitrogens with two attached hydrogens (primary N) is 2. The zero-order valence-electron chi connectivity index (χ0n) is 21.2. The maximum absolute atomic E-state index is 14.5. The molecule has 1 atom stereocenters. The van der Waals surface area contributed by atoms with Crippen molar-refractivity contribution in [3.8, 4) is 17.0 Å². The van der Waals surface area contributed by atoms with Gasteiger partial charge >= 0.3 is 6.18 Å². The molecule has 0 saturated heterocycles. The van der Waals surface area contributed by atoms with E-state index in [0.717, 1.165) is 23.5 Å². The first-order chi connectivity index (χ1) is 19.2. The molecule has 2 aromatic heterocycles. The summed E-state index contributed by atoms with van der Waals surface area (Å²) in [7, 11) is 0. The molecule has 216 valence electrons. The van der Waals surface area contributed by atoms with Crippen molar-refractivity contribution in [2.75, 3.05) is 18.9 Å². The second kappa shape index (κ2) is 11.5. The Morgan fingerprint density at radius 3 is 2.44 bits per heavy atom. The van der Waals surface area contributed by atoms with Gasteiger partial charge in [-0.05, 0) is 37.3 Å². The fourth-order valence-corrected chi connectivity index (χ4v) is 4.92. The summed E-state index contributed by atoms with van der Waals surface area (Å²) in [6.07, 6.45) is -5.91. The summed E-state index contributed by atoms with van der Waals surface area (Å²) in [5.41, 5.74) is 5.90. The zero-order valence-corrected chi connectivity index (χ0v) is 22.8. The lowest BCUT2D eigenvalue weighted by Crippen LogP contribution is -2.51. The zero-order chi connectivity index (χ0) is 30.1. The molecule has 6 N–H and O–H groups in total. The van der Waals surface area contributed by atoms with E-state index in [1.807, 2.05) is 5.32 Å². The number of rotatable bonds is 9. The summed E-state index contributed by atoms with van der Waals surface area (Å²) in [6, 6.07) is 8.73. The van der Waals surface area contributed by atoms with Crippen LogP contribution in [-0.2, 0) is 16.8 Å². The Kier molecular flexibility index (Phi) is 8.38. The van der Waals surface area contributed by atoms with Crippen LogP contribution in [0.1, 0.15) is 28.5 Å². The fraction of sp³-hybridized carbons (Fsp3) is 0.231. The summed E-state index contributed by atoms with van der Waals surface area (Å²) >= 11 is 6.84. The molecular weight excluding hydrogens is 590 g/mol. The minimum atomic E-state index is -5.37. The quantitative estimate of drug-likeness (QED) is 0.205. The third-order valence-electron chi connectivity index (χ3n) is 5.95. The number of fused-ring (bicyclic) bond motifs is 1. The summed E-state index contributed by atoms with van der Waals surface area (Å²) < 4.78 is 63.7. The van der Waals surface area contributed by atoms with Gasteiger partial charge in [0.2, 0.25) is 11.5 Å². The Balaban J connectivity index is 1.80. The number of aromatic nitrogens is 2. The highest BCUT2D eigenvalue weighted by atomic mass is 35.5. The van der Waals surface area contributed by atoms with Crippen LogP contribution in [0, 0.1) is 5.82 Å². The van der Waals surface area contributed by atoms with E-state index >= 15 is 0 Å². The van der Waals surface area contributed by atoms with Crippen LogP contribution in [0.3, 0.4) is 0 Å². The minimum absolute atomic E-state index is 0.0152. The van der Waals surface area contributed by atoms with E-state index in [9.17, 15) is 32.3 Å². The Bertz CT molecular complexity index is 1630. The molecule has 0 bridgehead atoms. The van der Waals surface area contributed by atoms with Crippen LogP contribution in [0.5, 0.6) is 5.75 Å². The highest BCUT2D eigenvalue weighted by Gasteiger charge is 2.56. The molecule has 0 spiro atoms. The SMILES string of the molecule is CCOc1c(CC(N)=O)cc([C@@](O)(CNC(=O)c2cc(F)c3nc(N)sc3c2)C(F)(F)F)nc1-c1ccc(Cl)cc1. The number of hydrogen-bond donors (Lipinski definition) is 4. The van der Waals surface area contributed by atoms with Crippen molar-refractivity contribution in [1.29, 1.82) is 0 Å². The number of benzene rings is 2. The highest BCUT2D eigenvalue weighted by Crippen LogP contribution is 2.42. The number of halogens is 5. The van der Waals surface area contributed by atoms with Crippen molar-refractivity contribution < 1.29 is 37.0 Å². The molecule has 15 heteroatoms. The Morgan fingerprint density at radius 2 is 1.83 bits per heavy atom. The van der Waals surface area contributed by atoms with Gasteiger partial charge in [0.1, 0.15) is 17.0 Å². The predicted octanol–water partition coefficient (Wildman–Crippen LogP) is 4.34. The maximum atomic E-state index is 14.5. The average molecular weight is 612 g/mol. The number of nitrogens with zero attached hydrogens (tertiary/aromatic N) is 2. The fourth-order valence-electron chi connectivity index (χ4n) is 4.01. The number of anilines is 1. The van der Waals surface area contributed by atoms with Gasteiger partial charge < -0.3 is 26.6 Å². The van der Waals surface area contributed by atoms with Crippen molar-refractivity contribution in [2.24, 2.45) is 5.73 Å². The molecule has 41 heavy (non-hydrogen) atoms. The second-order valence-corrected chi connectivity index (χ2v) is 10.3. The molecule has 9 nitrogen and oxygen atoms in total. The van der Waals surface area contributed by atoms with Crippen LogP contribution in [0.25, 0.3) is 21.5 Å². The monoisotopic (exact) mass is 611 g/mol. The van der Waals surface area contributed by atoms with Crippen molar-refractivity contribution in [3.05, 3.63) is 70.1 Å². The molecule has 2 amide bonds. The largest absolute Gasteiger partial charge is 0.491 e. The first-order valence-corrected chi connectivity index (χ1v) is 13.1. The number of hydrogen-bond acceptors (Lipinski definition) is 8. The van der Waals surface area contributed by atoms with Crippen LogP contribution in [0.15, 0.2) is 42.5 Å². The van der Waals surface area contributed by atoms with Crippen molar-refractivity contribution in [1.82, 2.24) is 15.3 Å². The number of ether oxygens (including phenoxy) is 1. The molecule has 4 aromatic rings. The van der Waals surface area contributed by atoms with Crippen molar-refractivity contribution in [2.45, 2.75) is 25.1 Å². The number of nitrogen functional groups attached to an aromatic ring is 1. The summed E-state index contributed by atoms with van der Waals surface area (Å²) in [6.45, 7) is 0.284. The molecule has 2 aromatic carbocycles. The van der Waals surface area contributed by atoms with Crippen LogP contribution < -0.4 is 21.5 Å². The van der Waals surface area contributed by atoms with Gasteiger partial charge in [-0.1, -0.05) is 35.1 Å². The number of alkyl halides is 3. The van der Waals surface area contributed by atoms with Crippen LogP contribution in [0.4, 0.5) is 22.7 Å². The maximum Gasteiger partial charge on any atom is 0.424 e. The number of pyridine rings is 1. The summed E-state index contributed by atoms with van der Waals surface area (Å²) in [5.74, 6) is -2.90. The smallest absolute Gasteiger partial charge is 0.424 e. The van der Waals surface area contributed by atoms with Gasteiger partial charge in [-0.3, -0.25) is 9.59 Å². The summed E-state index contributed by atoms with van der Waals surface area (Å²) in [5, 5.41) is 13.4. The van der Waals surface area contributed by atoms with Crippen LogP contribution in [0.2, 0.25) is 5.02 Å². The van der Waals surface area contributed by atoms with Gasteiger partial charge in [-0.2, -0.15) is 13.2 Å². The first-order valence-electron chi connectivity index (χ1n) is 11.9. The van der Waals surface area contributed by atoms with E-state index in [1.54, 1.807) is 6.92 Å². The number of amides is 2.